The first-order chi connectivity index (χ1) is 13.5. The molecule has 0 bridgehead atoms. The molecule has 1 N–H and O–H groups in total. The first-order valence-electron chi connectivity index (χ1n) is 9.96. The van der Waals surface area contributed by atoms with E-state index >= 15 is 0 Å². The number of fused-ring (bicyclic) bond motifs is 1. The molecule has 0 saturated heterocycles. The molecule has 5 nitrogen and oxygen atoms in total. The van der Waals surface area contributed by atoms with Crippen LogP contribution in [0.1, 0.15) is 46.0 Å². The maximum absolute atomic E-state index is 12.1. The molecule has 152 valence electrons. The number of nitrogens with zero attached hydrogens (tertiary/aromatic N) is 1. The summed E-state index contributed by atoms with van der Waals surface area (Å²) in [7, 11) is 0. The van der Waals surface area contributed by atoms with Crippen molar-refractivity contribution in [2.24, 2.45) is 11.8 Å². The fourth-order valence-electron chi connectivity index (χ4n) is 3.54. The second-order valence-corrected chi connectivity index (χ2v) is 9.87. The van der Waals surface area contributed by atoms with Gasteiger partial charge in [-0.25, -0.2) is 4.98 Å². The maximum Gasteiger partial charge on any atom is 0.306 e. The van der Waals surface area contributed by atoms with Crippen LogP contribution in [0.4, 0.5) is 0 Å². The summed E-state index contributed by atoms with van der Waals surface area (Å²) in [4.78, 5) is 28.5. The average molecular weight is 421 g/mol. The highest BCUT2D eigenvalue weighted by Gasteiger charge is 2.28. The number of aromatic nitrogens is 1. The van der Waals surface area contributed by atoms with Gasteiger partial charge in [0.15, 0.2) is 10.9 Å². The van der Waals surface area contributed by atoms with Gasteiger partial charge in [0.05, 0.1) is 10.2 Å². The van der Waals surface area contributed by atoms with Gasteiger partial charge in [-0.15, -0.1) is 11.3 Å². The number of amides is 1. The molecule has 3 atom stereocenters. The number of carbonyl (C=O) groups excluding carboxylic acids is 2. The lowest BCUT2D eigenvalue weighted by atomic mass is 9.78. The highest BCUT2D eigenvalue weighted by molar-refractivity contribution is 8.01. The Morgan fingerprint density at radius 2 is 2.11 bits per heavy atom. The number of nitrogens with one attached hydrogen (secondary N) is 1. The third kappa shape index (κ3) is 5.95. The number of thiazole rings is 1. The quantitative estimate of drug-likeness (QED) is 0.382. The molecule has 1 fully saturated rings. The molecule has 1 aromatic carbocycles. The SMILES string of the molecule is C[C@@H]1[C@@H](C)CCC[C@H]1NC(=O)COC(=O)CCCSc1nc2ccccc2s1. The topological polar surface area (TPSA) is 68.3 Å². The fourth-order valence-corrected chi connectivity index (χ4v) is 5.62. The predicted octanol–water partition coefficient (Wildman–Crippen LogP) is 4.65. The van der Waals surface area contributed by atoms with Gasteiger partial charge < -0.3 is 10.1 Å². The first kappa shape index (κ1) is 21.1. The Labute approximate surface area is 174 Å². The van der Waals surface area contributed by atoms with Crippen LogP contribution in [-0.4, -0.2) is 35.3 Å². The van der Waals surface area contributed by atoms with E-state index in [0.717, 1.165) is 28.5 Å². The van der Waals surface area contributed by atoms with Crippen LogP contribution in [0.5, 0.6) is 0 Å². The minimum Gasteiger partial charge on any atom is -0.456 e. The standard InChI is InChI=1S/C21H28N2O3S2/c1-14-7-5-9-16(15(14)2)22-19(24)13-26-20(25)11-6-12-27-21-23-17-8-3-4-10-18(17)28-21/h3-4,8,10,14-16H,5-7,9,11-13H2,1-2H3,(H,22,24)/t14-,15+,16+/m0/s1. The van der Waals surface area contributed by atoms with E-state index in [1.165, 1.54) is 11.1 Å². The number of esters is 1. The summed E-state index contributed by atoms with van der Waals surface area (Å²) >= 11 is 3.33. The number of thioether (sulfide) groups is 1. The van der Waals surface area contributed by atoms with Crippen molar-refractivity contribution in [3.05, 3.63) is 24.3 Å². The van der Waals surface area contributed by atoms with E-state index in [1.807, 2.05) is 18.2 Å². The van der Waals surface area contributed by atoms with Gasteiger partial charge in [0, 0.05) is 18.2 Å². The number of ether oxygens (including phenoxy) is 1. The van der Waals surface area contributed by atoms with Crippen molar-refractivity contribution in [1.29, 1.82) is 0 Å². The zero-order valence-corrected chi connectivity index (χ0v) is 18.1. The zero-order chi connectivity index (χ0) is 19.9. The number of hydrogen-bond donors (Lipinski definition) is 1. The van der Waals surface area contributed by atoms with Crippen LogP contribution in [0.15, 0.2) is 28.6 Å². The summed E-state index contributed by atoms with van der Waals surface area (Å²) < 4.78 is 7.33. The van der Waals surface area contributed by atoms with Crippen LogP contribution in [0.3, 0.4) is 0 Å². The van der Waals surface area contributed by atoms with E-state index in [2.05, 4.69) is 30.2 Å². The van der Waals surface area contributed by atoms with E-state index in [1.54, 1.807) is 23.1 Å². The van der Waals surface area contributed by atoms with Gasteiger partial charge in [-0.1, -0.05) is 50.6 Å². The Morgan fingerprint density at radius 1 is 1.29 bits per heavy atom. The van der Waals surface area contributed by atoms with E-state index < -0.39 is 0 Å². The second-order valence-electron chi connectivity index (χ2n) is 7.50. The van der Waals surface area contributed by atoms with Gasteiger partial charge in [-0.05, 0) is 36.8 Å². The lowest BCUT2D eigenvalue weighted by Crippen LogP contribution is -2.45. The third-order valence-corrected chi connectivity index (χ3v) is 7.71. The number of hydrogen-bond acceptors (Lipinski definition) is 6. The molecule has 0 radical (unpaired) electrons. The normalized spacial score (nSPS) is 22.1. The second kappa shape index (κ2) is 10.3. The fraction of sp³-hybridized carbons (Fsp3) is 0.571. The van der Waals surface area contributed by atoms with Gasteiger partial charge in [-0.2, -0.15) is 0 Å². The first-order valence-corrected chi connectivity index (χ1v) is 11.8. The Kier molecular flexibility index (Phi) is 7.73. The molecule has 3 rings (SSSR count). The van der Waals surface area contributed by atoms with E-state index in [9.17, 15) is 9.59 Å². The minimum absolute atomic E-state index is 0.179. The lowest BCUT2D eigenvalue weighted by molar-refractivity contribution is -0.148. The van der Waals surface area contributed by atoms with Crippen LogP contribution >= 0.6 is 23.1 Å². The van der Waals surface area contributed by atoms with E-state index in [4.69, 9.17) is 4.74 Å². The smallest absolute Gasteiger partial charge is 0.306 e. The lowest BCUT2D eigenvalue weighted by Gasteiger charge is -2.34. The van der Waals surface area contributed by atoms with Gasteiger partial charge in [0.1, 0.15) is 0 Å². The highest BCUT2D eigenvalue weighted by Crippen LogP contribution is 2.30. The summed E-state index contributed by atoms with van der Waals surface area (Å²) in [6.45, 7) is 4.24. The Morgan fingerprint density at radius 3 is 2.93 bits per heavy atom. The molecule has 1 amide bonds. The molecule has 0 aliphatic heterocycles. The van der Waals surface area contributed by atoms with Gasteiger partial charge in [0.2, 0.25) is 0 Å². The Balaban J connectivity index is 1.30. The summed E-state index contributed by atoms with van der Waals surface area (Å²) in [6.07, 6.45) is 4.40. The van der Waals surface area contributed by atoms with E-state index in [-0.39, 0.29) is 24.5 Å². The highest BCUT2D eigenvalue weighted by atomic mass is 32.2. The zero-order valence-electron chi connectivity index (χ0n) is 16.5. The van der Waals surface area contributed by atoms with Gasteiger partial charge in [0.25, 0.3) is 5.91 Å². The molecule has 1 aliphatic rings. The van der Waals surface area contributed by atoms with Crippen LogP contribution < -0.4 is 5.32 Å². The van der Waals surface area contributed by atoms with Crippen LogP contribution in [0.25, 0.3) is 10.2 Å². The van der Waals surface area contributed by atoms with Crippen molar-refractivity contribution in [3.8, 4) is 0 Å². The van der Waals surface area contributed by atoms with Gasteiger partial charge in [-0.3, -0.25) is 9.59 Å². The molecule has 7 heteroatoms. The van der Waals surface area contributed by atoms with Gasteiger partial charge >= 0.3 is 5.97 Å². The monoisotopic (exact) mass is 420 g/mol. The van der Waals surface area contributed by atoms with Crippen molar-refractivity contribution in [2.75, 3.05) is 12.4 Å². The largest absolute Gasteiger partial charge is 0.456 e. The third-order valence-electron chi connectivity index (χ3n) is 5.44. The molecule has 0 spiro atoms. The van der Waals surface area contributed by atoms with Crippen molar-refractivity contribution >= 4 is 45.2 Å². The summed E-state index contributed by atoms with van der Waals surface area (Å²) in [5.74, 6) is 1.38. The summed E-state index contributed by atoms with van der Waals surface area (Å²) in [6, 6.07) is 8.26. The Bertz CT molecular complexity index is 775. The number of carbonyl (C=O) groups is 2. The molecule has 2 aromatic rings. The van der Waals surface area contributed by atoms with Crippen molar-refractivity contribution in [1.82, 2.24) is 10.3 Å². The Hall–Kier alpha value is -1.60. The number of benzene rings is 1. The molecule has 1 aliphatic carbocycles. The maximum atomic E-state index is 12.1. The molecule has 1 saturated carbocycles. The van der Waals surface area contributed by atoms with Crippen molar-refractivity contribution in [3.63, 3.8) is 0 Å². The molecule has 0 unspecified atom stereocenters. The van der Waals surface area contributed by atoms with Crippen LogP contribution in [0, 0.1) is 11.8 Å². The number of rotatable bonds is 8. The summed E-state index contributed by atoms with van der Waals surface area (Å²) in [5, 5.41) is 3.03. The van der Waals surface area contributed by atoms with Crippen molar-refractivity contribution in [2.45, 2.75) is 56.3 Å². The molecular weight excluding hydrogens is 392 g/mol. The van der Waals surface area contributed by atoms with Crippen molar-refractivity contribution < 1.29 is 14.3 Å². The minimum atomic E-state index is -0.315. The predicted molar refractivity (Wildman–Crippen MR) is 115 cm³/mol. The van der Waals surface area contributed by atoms with E-state index in [0.29, 0.717) is 24.7 Å². The summed E-state index contributed by atoms with van der Waals surface area (Å²) in [5.41, 5.74) is 1.02. The number of para-hydroxylation sites is 1. The van der Waals surface area contributed by atoms with Crippen LogP contribution in [0.2, 0.25) is 0 Å². The molecule has 28 heavy (non-hydrogen) atoms. The molecular formula is C21H28N2O3S2. The molecule has 1 heterocycles. The average Bonchev–Trinajstić information content (AvgIpc) is 3.10. The molecule has 1 aromatic heterocycles. The van der Waals surface area contributed by atoms with Crippen LogP contribution in [-0.2, 0) is 14.3 Å².